The van der Waals surface area contributed by atoms with Crippen LogP contribution in [0.1, 0.15) is 39.6 Å². The number of benzene rings is 3. The first-order chi connectivity index (χ1) is 15.9. The molecule has 0 N–H and O–H groups in total. The fourth-order valence-corrected chi connectivity index (χ4v) is 5.12. The van der Waals surface area contributed by atoms with Crippen molar-refractivity contribution in [1.82, 2.24) is 0 Å². The summed E-state index contributed by atoms with van der Waals surface area (Å²) in [6.07, 6.45) is 4.90. The Morgan fingerprint density at radius 3 is 2.45 bits per heavy atom. The van der Waals surface area contributed by atoms with E-state index in [1.807, 2.05) is 25.4 Å². The summed E-state index contributed by atoms with van der Waals surface area (Å²) in [5, 5.41) is 4.64. The van der Waals surface area contributed by atoms with Gasteiger partial charge in [0.05, 0.1) is 5.56 Å². The summed E-state index contributed by atoms with van der Waals surface area (Å²) >= 11 is 0. The summed E-state index contributed by atoms with van der Waals surface area (Å²) in [5.74, 6) is 0.103. The smallest absolute Gasteiger partial charge is 0.212 e. The van der Waals surface area contributed by atoms with Gasteiger partial charge < -0.3 is 4.42 Å². The Morgan fingerprint density at radius 2 is 1.65 bits per heavy atom. The van der Waals surface area contributed by atoms with Crippen LogP contribution in [0.25, 0.3) is 44.0 Å². The van der Waals surface area contributed by atoms with Gasteiger partial charge >= 0.3 is 0 Å². The molecule has 31 heavy (non-hydrogen) atoms. The van der Waals surface area contributed by atoms with Crippen LogP contribution >= 0.6 is 0 Å². The van der Waals surface area contributed by atoms with Gasteiger partial charge in [0.1, 0.15) is 18.2 Å². The molecular weight excluding hydrogens is 378 g/mol. The third kappa shape index (κ3) is 3.22. The van der Waals surface area contributed by atoms with Crippen LogP contribution in [0.2, 0.25) is 0 Å². The Bertz CT molecular complexity index is 1530. The van der Waals surface area contributed by atoms with E-state index >= 15 is 0 Å². The molecular formula is C29H28NO+. The van der Waals surface area contributed by atoms with Gasteiger partial charge in [-0.25, -0.2) is 4.57 Å². The van der Waals surface area contributed by atoms with Gasteiger partial charge in [-0.3, -0.25) is 0 Å². The molecule has 1 aliphatic rings. The first kappa shape index (κ1) is 16.5. The Balaban J connectivity index is 1.51. The number of fused-ring (bicyclic) bond motifs is 4. The van der Waals surface area contributed by atoms with E-state index < -0.39 is 6.37 Å². The number of furan rings is 1. The summed E-state index contributed by atoms with van der Waals surface area (Å²) in [7, 11) is 2.03. The van der Waals surface area contributed by atoms with Crippen LogP contribution in [0.15, 0.2) is 71.3 Å². The Hall–Kier alpha value is -3.13. The average molecular weight is 409 g/mol. The van der Waals surface area contributed by atoms with Gasteiger partial charge in [0.25, 0.3) is 0 Å². The predicted octanol–water partition coefficient (Wildman–Crippen LogP) is 7.27. The zero-order chi connectivity index (χ0) is 22.7. The minimum Gasteiger partial charge on any atom is -0.456 e. The molecule has 0 amide bonds. The highest BCUT2D eigenvalue weighted by atomic mass is 16.3. The lowest BCUT2D eigenvalue weighted by atomic mass is 9.95. The molecule has 0 bridgehead atoms. The van der Waals surface area contributed by atoms with Crippen LogP contribution in [0.3, 0.4) is 0 Å². The molecule has 2 aromatic heterocycles. The second kappa shape index (κ2) is 7.23. The maximum absolute atomic E-state index is 8.86. The maximum atomic E-state index is 8.86. The SMILES string of the molecule is [2H]C([2H])(c1cc[n+](C)c(-c2cc3oc4cc5ccccc5cc4c3cc2C)c1)C1CCCC1. The topological polar surface area (TPSA) is 17.0 Å². The van der Waals surface area contributed by atoms with Crippen molar-refractivity contribution in [3.8, 4) is 11.3 Å². The van der Waals surface area contributed by atoms with Crippen molar-refractivity contribution >= 4 is 32.7 Å². The highest BCUT2D eigenvalue weighted by Crippen LogP contribution is 2.36. The van der Waals surface area contributed by atoms with Crippen molar-refractivity contribution in [2.24, 2.45) is 13.0 Å². The highest BCUT2D eigenvalue weighted by Gasteiger charge is 2.20. The summed E-state index contributed by atoms with van der Waals surface area (Å²) in [4.78, 5) is 0. The minimum absolute atomic E-state index is 0.103. The van der Waals surface area contributed by atoms with Gasteiger partial charge in [0.2, 0.25) is 5.69 Å². The number of aryl methyl sites for hydroxylation is 2. The molecule has 154 valence electrons. The van der Waals surface area contributed by atoms with E-state index in [0.29, 0.717) is 0 Å². The minimum atomic E-state index is -1.31. The van der Waals surface area contributed by atoms with Crippen LogP contribution in [0.5, 0.6) is 0 Å². The molecule has 0 spiro atoms. The van der Waals surface area contributed by atoms with Gasteiger partial charge in [-0.15, -0.1) is 0 Å². The van der Waals surface area contributed by atoms with Crippen LogP contribution in [0.4, 0.5) is 0 Å². The lowest BCUT2D eigenvalue weighted by Crippen LogP contribution is -2.30. The second-order valence-corrected chi connectivity index (χ2v) is 9.00. The van der Waals surface area contributed by atoms with Crippen LogP contribution < -0.4 is 4.57 Å². The molecule has 6 rings (SSSR count). The predicted molar refractivity (Wildman–Crippen MR) is 128 cm³/mol. The monoisotopic (exact) mass is 408 g/mol. The van der Waals surface area contributed by atoms with Crippen LogP contribution in [-0.4, -0.2) is 0 Å². The van der Waals surface area contributed by atoms with E-state index in [1.54, 1.807) is 0 Å². The lowest BCUT2D eigenvalue weighted by molar-refractivity contribution is -0.660. The molecule has 2 nitrogen and oxygen atoms in total. The molecule has 0 radical (unpaired) electrons. The number of aromatic nitrogens is 1. The largest absolute Gasteiger partial charge is 0.456 e. The normalized spacial score (nSPS) is 16.3. The molecule has 0 aliphatic heterocycles. The Kier molecular flexibility index (Phi) is 3.86. The fraction of sp³-hybridized carbons (Fsp3) is 0.276. The Morgan fingerprint density at radius 1 is 0.935 bits per heavy atom. The second-order valence-electron chi connectivity index (χ2n) is 9.00. The Labute approximate surface area is 185 Å². The summed E-state index contributed by atoms with van der Waals surface area (Å²) in [6.45, 7) is 2.13. The molecule has 0 unspecified atom stereocenters. The zero-order valence-corrected chi connectivity index (χ0v) is 18.1. The summed E-state index contributed by atoms with van der Waals surface area (Å²) in [6, 6.07) is 21.0. The van der Waals surface area contributed by atoms with E-state index in [-0.39, 0.29) is 5.92 Å². The third-order valence-corrected chi connectivity index (χ3v) is 6.84. The molecule has 2 heteroatoms. The van der Waals surface area contributed by atoms with Gasteiger partial charge in [-0.1, -0.05) is 49.9 Å². The number of rotatable bonds is 3. The van der Waals surface area contributed by atoms with Crippen LogP contribution in [0, 0.1) is 12.8 Å². The molecule has 1 aliphatic carbocycles. The van der Waals surface area contributed by atoms with E-state index in [9.17, 15) is 0 Å². The van der Waals surface area contributed by atoms with E-state index in [1.165, 1.54) is 10.8 Å². The zero-order valence-electron chi connectivity index (χ0n) is 20.1. The quantitative estimate of drug-likeness (QED) is 0.287. The molecule has 3 aromatic carbocycles. The first-order valence-corrected chi connectivity index (χ1v) is 11.3. The van der Waals surface area contributed by atoms with Crippen molar-refractivity contribution in [3.05, 3.63) is 78.0 Å². The summed E-state index contributed by atoms with van der Waals surface area (Å²) in [5.41, 5.74) is 5.79. The highest BCUT2D eigenvalue weighted by molar-refractivity contribution is 6.10. The standard InChI is InChI=1S/C29H28NO/c1-19-13-25-26-16-22-9-5-6-10-23(22)17-28(26)31-29(25)18-24(19)27-15-21(11-12-30(27)2)14-20-7-3-4-8-20/h5-6,9-13,15-18,20H,3-4,7-8,14H2,1-2H3/q+1/i14D2. The lowest BCUT2D eigenvalue weighted by Gasteiger charge is -2.10. The molecule has 1 fully saturated rings. The van der Waals surface area contributed by atoms with E-state index in [4.69, 9.17) is 7.16 Å². The van der Waals surface area contributed by atoms with Gasteiger partial charge in [0, 0.05) is 25.6 Å². The molecule has 2 heterocycles. The van der Waals surface area contributed by atoms with Crippen molar-refractivity contribution in [3.63, 3.8) is 0 Å². The molecule has 5 aromatic rings. The average Bonchev–Trinajstić information content (AvgIpc) is 3.46. The van der Waals surface area contributed by atoms with Gasteiger partial charge in [0.15, 0.2) is 6.20 Å². The summed E-state index contributed by atoms with van der Waals surface area (Å²) < 4.78 is 26.1. The van der Waals surface area contributed by atoms with Gasteiger partial charge in [-0.2, -0.15) is 0 Å². The number of hydrogen-bond donors (Lipinski definition) is 0. The van der Waals surface area contributed by atoms with E-state index in [0.717, 1.165) is 70.0 Å². The fourth-order valence-electron chi connectivity index (χ4n) is 5.12. The number of nitrogens with zero attached hydrogens (tertiary/aromatic N) is 1. The maximum Gasteiger partial charge on any atom is 0.212 e. The molecule has 0 atom stereocenters. The number of pyridine rings is 1. The van der Waals surface area contributed by atoms with Crippen molar-refractivity contribution in [1.29, 1.82) is 0 Å². The molecule has 0 saturated heterocycles. The van der Waals surface area contributed by atoms with Crippen molar-refractivity contribution in [2.45, 2.75) is 39.0 Å². The number of hydrogen-bond acceptors (Lipinski definition) is 1. The van der Waals surface area contributed by atoms with Gasteiger partial charge in [-0.05, 0) is 65.4 Å². The third-order valence-electron chi connectivity index (χ3n) is 6.84. The van der Waals surface area contributed by atoms with Crippen molar-refractivity contribution in [2.75, 3.05) is 0 Å². The molecule has 1 saturated carbocycles. The first-order valence-electron chi connectivity index (χ1n) is 12.3. The van der Waals surface area contributed by atoms with Crippen molar-refractivity contribution < 1.29 is 11.7 Å². The van der Waals surface area contributed by atoms with Crippen LogP contribution in [-0.2, 0) is 13.4 Å². The van der Waals surface area contributed by atoms with E-state index in [2.05, 4.69) is 60.0 Å².